The maximum atomic E-state index is 2.51. The Hall–Kier alpha value is 0.310. The molecule has 0 amide bonds. The van der Waals surface area contributed by atoms with E-state index in [2.05, 4.69) is 30.6 Å². The monoisotopic (exact) mass is 157 g/mol. The molecule has 2 heteroatoms. The summed E-state index contributed by atoms with van der Waals surface area (Å²) in [4.78, 5) is 2.51. The minimum absolute atomic E-state index is 0.847. The summed E-state index contributed by atoms with van der Waals surface area (Å²) in [6, 6.07) is 0.847. The molecule has 2 heterocycles. The van der Waals surface area contributed by atoms with Crippen molar-refractivity contribution in [3.05, 3.63) is 0 Å². The van der Waals surface area contributed by atoms with E-state index in [0.29, 0.717) is 0 Å². The predicted octanol–water partition coefficient (Wildman–Crippen LogP) is 1.30. The summed E-state index contributed by atoms with van der Waals surface area (Å²) in [6.45, 7) is 3.72. The molecule has 0 aromatic rings. The molecule has 0 aromatic carbocycles. The highest BCUT2D eigenvalue weighted by molar-refractivity contribution is 7.99. The minimum Gasteiger partial charge on any atom is -0.303 e. The van der Waals surface area contributed by atoms with Crippen LogP contribution in [-0.2, 0) is 0 Å². The van der Waals surface area contributed by atoms with E-state index >= 15 is 0 Å². The van der Waals surface area contributed by atoms with Gasteiger partial charge in [-0.25, -0.2) is 0 Å². The van der Waals surface area contributed by atoms with E-state index in [1.807, 2.05) is 0 Å². The quantitative estimate of drug-likeness (QED) is 0.521. The third-order valence-electron chi connectivity index (χ3n) is 3.09. The molecule has 10 heavy (non-hydrogen) atoms. The molecule has 0 spiro atoms. The van der Waals surface area contributed by atoms with E-state index in [1.165, 1.54) is 18.1 Å². The Morgan fingerprint density at radius 1 is 1.40 bits per heavy atom. The van der Waals surface area contributed by atoms with Crippen molar-refractivity contribution < 1.29 is 0 Å². The lowest BCUT2D eigenvalue weighted by Gasteiger charge is -2.18. The van der Waals surface area contributed by atoms with E-state index in [1.54, 1.807) is 0 Å². The van der Waals surface area contributed by atoms with Crippen LogP contribution in [0.15, 0.2) is 0 Å². The van der Waals surface area contributed by atoms with Crippen LogP contribution in [0.3, 0.4) is 0 Å². The molecule has 2 rings (SSSR count). The van der Waals surface area contributed by atoms with Gasteiger partial charge in [0.05, 0.1) is 0 Å². The summed E-state index contributed by atoms with van der Waals surface area (Å²) >= 11 is 2.15. The first-order valence-electron chi connectivity index (χ1n) is 4.07. The molecule has 2 fully saturated rings. The predicted molar refractivity (Wildman–Crippen MR) is 46.4 cm³/mol. The van der Waals surface area contributed by atoms with Crippen LogP contribution in [0, 0.1) is 11.8 Å². The molecule has 2 aliphatic heterocycles. The number of likely N-dealkylation sites (tertiary alicyclic amines) is 1. The van der Waals surface area contributed by atoms with Gasteiger partial charge in [0, 0.05) is 12.6 Å². The van der Waals surface area contributed by atoms with E-state index in [9.17, 15) is 0 Å². The number of thioether (sulfide) groups is 1. The van der Waals surface area contributed by atoms with Crippen molar-refractivity contribution >= 4 is 11.8 Å². The number of hydrogen-bond donors (Lipinski definition) is 0. The molecule has 3 atom stereocenters. The van der Waals surface area contributed by atoms with Gasteiger partial charge in [0.15, 0.2) is 0 Å². The van der Waals surface area contributed by atoms with E-state index in [4.69, 9.17) is 0 Å². The fourth-order valence-electron chi connectivity index (χ4n) is 2.20. The highest BCUT2D eigenvalue weighted by Crippen LogP contribution is 2.39. The number of fused-ring (bicyclic) bond motifs is 1. The van der Waals surface area contributed by atoms with Crippen molar-refractivity contribution in [1.82, 2.24) is 4.90 Å². The lowest BCUT2D eigenvalue weighted by atomic mass is 9.95. The Morgan fingerprint density at radius 3 is 2.90 bits per heavy atom. The Bertz CT molecular complexity index is 135. The van der Waals surface area contributed by atoms with Gasteiger partial charge in [-0.05, 0) is 37.3 Å². The molecule has 0 aliphatic carbocycles. The summed E-state index contributed by atoms with van der Waals surface area (Å²) in [5, 5.41) is 0. The maximum absolute atomic E-state index is 2.51. The number of hydrogen-bond acceptors (Lipinski definition) is 2. The zero-order chi connectivity index (χ0) is 7.14. The number of rotatable bonds is 0. The summed E-state index contributed by atoms with van der Waals surface area (Å²) in [6.07, 6.45) is 0. The van der Waals surface area contributed by atoms with Crippen LogP contribution in [0.2, 0.25) is 0 Å². The van der Waals surface area contributed by atoms with Crippen LogP contribution in [0.4, 0.5) is 0 Å². The van der Waals surface area contributed by atoms with Crippen molar-refractivity contribution in [2.24, 2.45) is 11.8 Å². The first kappa shape index (κ1) is 6.99. The molecule has 1 nitrogen and oxygen atoms in total. The third-order valence-corrected chi connectivity index (χ3v) is 4.37. The van der Waals surface area contributed by atoms with Crippen molar-refractivity contribution in [2.45, 2.75) is 13.0 Å². The van der Waals surface area contributed by atoms with Gasteiger partial charge in [0.25, 0.3) is 0 Å². The van der Waals surface area contributed by atoms with Gasteiger partial charge < -0.3 is 4.90 Å². The zero-order valence-electron chi connectivity index (χ0n) is 6.71. The standard InChI is InChI=1S/C8H15NS/c1-6-8-5-10-4-7(8)3-9(6)2/h6-8H,3-5H2,1-2H3/t6-,7-,8-/m1/s1. The van der Waals surface area contributed by atoms with Crippen molar-refractivity contribution in [3.63, 3.8) is 0 Å². The van der Waals surface area contributed by atoms with Crippen LogP contribution in [0.25, 0.3) is 0 Å². The van der Waals surface area contributed by atoms with E-state index in [0.717, 1.165) is 17.9 Å². The van der Waals surface area contributed by atoms with Crippen LogP contribution in [-0.4, -0.2) is 36.0 Å². The summed E-state index contributed by atoms with van der Waals surface area (Å²) < 4.78 is 0. The molecule has 0 N–H and O–H groups in total. The molecule has 0 bridgehead atoms. The van der Waals surface area contributed by atoms with Gasteiger partial charge in [-0.15, -0.1) is 0 Å². The lowest BCUT2D eigenvalue weighted by molar-refractivity contribution is 0.303. The van der Waals surface area contributed by atoms with Gasteiger partial charge in [0.1, 0.15) is 0 Å². The normalized spacial score (nSPS) is 48.0. The average molecular weight is 157 g/mol. The number of nitrogens with zero attached hydrogens (tertiary/aromatic N) is 1. The Kier molecular flexibility index (Phi) is 1.69. The molecule has 58 valence electrons. The van der Waals surface area contributed by atoms with Crippen LogP contribution >= 0.6 is 11.8 Å². The smallest absolute Gasteiger partial charge is 0.0104 e. The van der Waals surface area contributed by atoms with Crippen molar-refractivity contribution in [2.75, 3.05) is 25.1 Å². The average Bonchev–Trinajstić information content (AvgIpc) is 2.41. The highest BCUT2D eigenvalue weighted by atomic mass is 32.2. The maximum Gasteiger partial charge on any atom is 0.0104 e. The molecular formula is C8H15NS. The second kappa shape index (κ2) is 2.42. The molecule has 2 saturated heterocycles. The topological polar surface area (TPSA) is 3.24 Å². The Labute approximate surface area is 67.2 Å². The molecule has 0 unspecified atom stereocenters. The third kappa shape index (κ3) is 0.892. The fourth-order valence-corrected chi connectivity index (χ4v) is 3.81. The highest BCUT2D eigenvalue weighted by Gasteiger charge is 2.40. The molecule has 2 aliphatic rings. The second-order valence-corrected chi connectivity index (χ2v) is 4.72. The van der Waals surface area contributed by atoms with Gasteiger partial charge in [0.2, 0.25) is 0 Å². The minimum atomic E-state index is 0.847. The Balaban J connectivity index is 2.09. The zero-order valence-corrected chi connectivity index (χ0v) is 7.53. The van der Waals surface area contributed by atoms with Gasteiger partial charge in [-0.2, -0.15) is 11.8 Å². The van der Waals surface area contributed by atoms with Crippen LogP contribution in [0.5, 0.6) is 0 Å². The summed E-state index contributed by atoms with van der Waals surface area (Å²) in [5.74, 6) is 4.86. The van der Waals surface area contributed by atoms with Gasteiger partial charge in [-0.1, -0.05) is 0 Å². The SMILES string of the molecule is C[C@@H]1[C@H]2CSC[C@H]2CN1C. The molecule has 0 radical (unpaired) electrons. The molecular weight excluding hydrogens is 142 g/mol. The second-order valence-electron chi connectivity index (χ2n) is 3.64. The summed E-state index contributed by atoms with van der Waals surface area (Å²) in [7, 11) is 2.26. The first-order valence-corrected chi connectivity index (χ1v) is 5.22. The first-order chi connectivity index (χ1) is 4.79. The van der Waals surface area contributed by atoms with E-state index in [-0.39, 0.29) is 0 Å². The van der Waals surface area contributed by atoms with Crippen LogP contribution in [0.1, 0.15) is 6.92 Å². The van der Waals surface area contributed by atoms with Crippen LogP contribution < -0.4 is 0 Å². The van der Waals surface area contributed by atoms with E-state index < -0.39 is 0 Å². The Morgan fingerprint density at radius 2 is 2.20 bits per heavy atom. The fraction of sp³-hybridized carbons (Fsp3) is 1.00. The van der Waals surface area contributed by atoms with Crippen molar-refractivity contribution in [1.29, 1.82) is 0 Å². The largest absolute Gasteiger partial charge is 0.303 e. The van der Waals surface area contributed by atoms with Gasteiger partial charge in [-0.3, -0.25) is 0 Å². The molecule has 0 saturated carbocycles. The summed E-state index contributed by atoms with van der Waals surface area (Å²) in [5.41, 5.74) is 0. The molecule has 0 aromatic heterocycles. The van der Waals surface area contributed by atoms with Gasteiger partial charge >= 0.3 is 0 Å². The lowest BCUT2D eigenvalue weighted by Crippen LogP contribution is -2.26. The van der Waals surface area contributed by atoms with Crippen molar-refractivity contribution in [3.8, 4) is 0 Å².